The summed E-state index contributed by atoms with van der Waals surface area (Å²) < 4.78 is 24.2. The van der Waals surface area contributed by atoms with Crippen LogP contribution < -0.4 is 14.9 Å². The highest BCUT2D eigenvalue weighted by molar-refractivity contribution is 6.00. The summed E-state index contributed by atoms with van der Waals surface area (Å²) in [6.07, 6.45) is -0.707. The van der Waals surface area contributed by atoms with Gasteiger partial charge in [-0.15, -0.1) is 0 Å². The second kappa shape index (κ2) is 8.57. The van der Waals surface area contributed by atoms with E-state index in [1.807, 2.05) is 40.7 Å². The molecule has 2 amide bonds. The predicted octanol–water partition coefficient (Wildman–Crippen LogP) is 4.31. The van der Waals surface area contributed by atoms with E-state index in [1.54, 1.807) is 31.2 Å². The zero-order valence-electron chi connectivity index (χ0n) is 18.8. The van der Waals surface area contributed by atoms with E-state index in [0.29, 0.717) is 28.2 Å². The zero-order valence-corrected chi connectivity index (χ0v) is 18.8. The Balaban J connectivity index is 1.91. The van der Waals surface area contributed by atoms with Crippen LogP contribution in [0.4, 0.5) is 4.39 Å². The Morgan fingerprint density at radius 2 is 1.77 bits per heavy atom. The molecule has 6 nitrogen and oxygen atoms in total. The van der Waals surface area contributed by atoms with Gasteiger partial charge in [0.2, 0.25) is 0 Å². The highest BCUT2D eigenvalue weighted by atomic mass is 19.1. The van der Waals surface area contributed by atoms with Crippen molar-refractivity contribution in [1.29, 1.82) is 0 Å². The molecule has 2 aromatic rings. The maximum atomic E-state index is 13.3. The second-order valence-corrected chi connectivity index (χ2v) is 8.90. The van der Waals surface area contributed by atoms with E-state index in [-0.39, 0.29) is 12.5 Å². The van der Waals surface area contributed by atoms with Gasteiger partial charge in [-0.3, -0.25) is 15.0 Å². The van der Waals surface area contributed by atoms with Gasteiger partial charge in [0.15, 0.2) is 17.6 Å². The molecular weight excluding hydrogens is 399 g/mol. The van der Waals surface area contributed by atoms with Crippen molar-refractivity contribution in [2.24, 2.45) is 0 Å². The van der Waals surface area contributed by atoms with Crippen molar-refractivity contribution >= 4 is 11.8 Å². The van der Waals surface area contributed by atoms with Crippen molar-refractivity contribution < 1.29 is 23.5 Å². The van der Waals surface area contributed by atoms with E-state index in [4.69, 9.17) is 9.47 Å². The molecule has 0 fully saturated rings. The van der Waals surface area contributed by atoms with Gasteiger partial charge in [-0.1, -0.05) is 17.2 Å². The summed E-state index contributed by atoms with van der Waals surface area (Å²) >= 11 is 0. The van der Waals surface area contributed by atoms with Gasteiger partial charge in [-0.05, 0) is 65.8 Å². The average Bonchev–Trinajstić information content (AvgIpc) is 2.70. The van der Waals surface area contributed by atoms with Crippen LogP contribution >= 0.6 is 0 Å². The number of aryl methyl sites for hydroxylation is 2. The third-order valence-corrected chi connectivity index (χ3v) is 5.05. The molecule has 0 aromatic heterocycles. The largest absolute Gasteiger partial charge is 0.486 e. The Morgan fingerprint density at radius 3 is 2.35 bits per heavy atom. The molecule has 0 bridgehead atoms. The van der Waals surface area contributed by atoms with Crippen LogP contribution in [0.3, 0.4) is 0 Å². The standard InChI is InChI=1S/C24H29FN2O4/c1-14-9-15(2)11-17(10-14)23(29)27(24(4,5)6)26-22(28)19-7-8-20-21(16(19)3)31-18(12-25)13-30-20/h7-11,18H,12-13H2,1-6H3,(H,26,28). The van der Waals surface area contributed by atoms with Crippen molar-refractivity contribution in [3.63, 3.8) is 0 Å². The molecule has 1 N–H and O–H groups in total. The van der Waals surface area contributed by atoms with E-state index in [0.717, 1.165) is 11.1 Å². The molecule has 3 rings (SSSR count). The van der Waals surface area contributed by atoms with Crippen LogP contribution in [0.5, 0.6) is 11.5 Å². The molecule has 166 valence electrons. The van der Waals surface area contributed by atoms with Crippen LogP contribution in [0.2, 0.25) is 0 Å². The molecule has 0 saturated heterocycles. The third-order valence-electron chi connectivity index (χ3n) is 5.05. The maximum Gasteiger partial charge on any atom is 0.272 e. The minimum absolute atomic E-state index is 0.122. The summed E-state index contributed by atoms with van der Waals surface area (Å²) in [6, 6.07) is 8.82. The quantitative estimate of drug-likeness (QED) is 0.740. The van der Waals surface area contributed by atoms with Crippen LogP contribution in [-0.2, 0) is 0 Å². The molecule has 1 aliphatic rings. The lowest BCUT2D eigenvalue weighted by atomic mass is 10.0. The Hall–Kier alpha value is -3.09. The summed E-state index contributed by atoms with van der Waals surface area (Å²) in [5.74, 6) is 0.0569. The van der Waals surface area contributed by atoms with Crippen LogP contribution in [0.15, 0.2) is 30.3 Å². The summed E-state index contributed by atoms with van der Waals surface area (Å²) in [4.78, 5) is 26.4. The lowest BCUT2D eigenvalue weighted by Gasteiger charge is -2.36. The van der Waals surface area contributed by atoms with Gasteiger partial charge in [0.1, 0.15) is 13.3 Å². The third kappa shape index (κ3) is 4.81. The summed E-state index contributed by atoms with van der Waals surface area (Å²) in [7, 11) is 0. The molecule has 2 aromatic carbocycles. The van der Waals surface area contributed by atoms with E-state index in [1.165, 1.54) is 5.01 Å². The van der Waals surface area contributed by atoms with Gasteiger partial charge >= 0.3 is 0 Å². The molecule has 0 spiro atoms. The molecule has 7 heteroatoms. The zero-order chi connectivity index (χ0) is 22.9. The lowest BCUT2D eigenvalue weighted by Crippen LogP contribution is -2.56. The van der Waals surface area contributed by atoms with Crippen LogP contribution in [0.25, 0.3) is 0 Å². The highest BCUT2D eigenvalue weighted by Crippen LogP contribution is 2.37. The fourth-order valence-corrected chi connectivity index (χ4v) is 3.54. The number of benzene rings is 2. The number of nitrogens with one attached hydrogen (secondary N) is 1. The molecule has 1 atom stereocenters. The van der Waals surface area contributed by atoms with Gasteiger partial charge in [-0.2, -0.15) is 0 Å². The Kier molecular flexibility index (Phi) is 6.25. The first-order valence-corrected chi connectivity index (χ1v) is 10.2. The van der Waals surface area contributed by atoms with Crippen LogP contribution in [0, 0.1) is 20.8 Å². The van der Waals surface area contributed by atoms with Gasteiger partial charge in [0.05, 0.1) is 5.54 Å². The molecule has 0 aliphatic carbocycles. The van der Waals surface area contributed by atoms with Crippen molar-refractivity contribution in [2.45, 2.75) is 53.2 Å². The topological polar surface area (TPSA) is 67.9 Å². The molecular formula is C24H29FN2O4. The fraction of sp³-hybridized carbons (Fsp3) is 0.417. The SMILES string of the molecule is Cc1cc(C)cc(C(=O)N(NC(=O)c2ccc3c(c2C)OC(CF)CO3)C(C)(C)C)c1. The van der Waals surface area contributed by atoms with E-state index < -0.39 is 24.2 Å². The number of alkyl halides is 1. The first-order valence-electron chi connectivity index (χ1n) is 10.2. The van der Waals surface area contributed by atoms with Crippen LogP contribution in [0.1, 0.15) is 58.2 Å². The Morgan fingerprint density at radius 1 is 1.13 bits per heavy atom. The van der Waals surface area contributed by atoms with E-state index in [9.17, 15) is 14.0 Å². The van der Waals surface area contributed by atoms with Crippen LogP contribution in [-0.4, -0.2) is 41.7 Å². The molecule has 0 saturated carbocycles. The van der Waals surface area contributed by atoms with E-state index in [2.05, 4.69) is 5.43 Å². The van der Waals surface area contributed by atoms with Gasteiger partial charge in [0.25, 0.3) is 11.8 Å². The minimum atomic E-state index is -0.707. The molecule has 0 radical (unpaired) electrons. The maximum absolute atomic E-state index is 13.3. The smallest absolute Gasteiger partial charge is 0.272 e. The summed E-state index contributed by atoms with van der Waals surface area (Å²) in [5.41, 5.74) is 5.36. The van der Waals surface area contributed by atoms with Crippen molar-refractivity contribution in [1.82, 2.24) is 10.4 Å². The number of rotatable bonds is 3. The highest BCUT2D eigenvalue weighted by Gasteiger charge is 2.31. The Bertz CT molecular complexity index is 993. The lowest BCUT2D eigenvalue weighted by molar-refractivity contribution is 0.0357. The van der Waals surface area contributed by atoms with Crippen molar-refractivity contribution in [3.8, 4) is 11.5 Å². The monoisotopic (exact) mass is 428 g/mol. The Labute approximate surface area is 182 Å². The van der Waals surface area contributed by atoms with Gasteiger partial charge in [-0.25, -0.2) is 9.40 Å². The number of hydrogen-bond acceptors (Lipinski definition) is 4. The number of hydrogen-bond donors (Lipinski definition) is 1. The average molecular weight is 429 g/mol. The summed E-state index contributed by atoms with van der Waals surface area (Å²) in [5, 5.41) is 1.34. The molecule has 31 heavy (non-hydrogen) atoms. The first-order chi connectivity index (χ1) is 14.5. The van der Waals surface area contributed by atoms with Crippen molar-refractivity contribution in [2.75, 3.05) is 13.3 Å². The number of nitrogens with zero attached hydrogens (tertiary/aromatic N) is 1. The first kappa shape index (κ1) is 22.6. The number of carbonyl (C=O) groups excluding carboxylic acids is 2. The number of hydrazine groups is 1. The second-order valence-electron chi connectivity index (χ2n) is 8.90. The normalized spacial score (nSPS) is 15.4. The predicted molar refractivity (Wildman–Crippen MR) is 116 cm³/mol. The molecule has 1 unspecified atom stereocenters. The number of ether oxygens (including phenoxy) is 2. The molecule has 1 heterocycles. The fourth-order valence-electron chi connectivity index (χ4n) is 3.54. The number of amides is 2. The number of halogens is 1. The van der Waals surface area contributed by atoms with Gasteiger partial charge < -0.3 is 9.47 Å². The van der Waals surface area contributed by atoms with Gasteiger partial charge in [0, 0.05) is 16.7 Å². The number of carbonyl (C=O) groups is 2. The molecule has 1 aliphatic heterocycles. The minimum Gasteiger partial charge on any atom is -0.486 e. The number of fused-ring (bicyclic) bond motifs is 1. The summed E-state index contributed by atoms with van der Waals surface area (Å²) in [6.45, 7) is 10.5. The van der Waals surface area contributed by atoms with Crippen molar-refractivity contribution in [3.05, 3.63) is 58.1 Å². The van der Waals surface area contributed by atoms with E-state index >= 15 is 0 Å².